The monoisotopic (exact) mass is 309 g/mol. The summed E-state index contributed by atoms with van der Waals surface area (Å²) < 4.78 is 18.0. The number of nitrogens with one attached hydrogen (secondary N) is 1. The highest BCUT2D eigenvalue weighted by Gasteiger charge is 2.10. The molecule has 112 valence electrons. The van der Waals surface area contributed by atoms with Gasteiger partial charge >= 0.3 is 0 Å². The van der Waals surface area contributed by atoms with Gasteiger partial charge in [0.2, 0.25) is 5.13 Å². The van der Waals surface area contributed by atoms with Crippen molar-refractivity contribution in [3.05, 3.63) is 35.1 Å². The summed E-state index contributed by atoms with van der Waals surface area (Å²) in [6, 6.07) is 5.48. The van der Waals surface area contributed by atoms with Gasteiger partial charge in [-0.1, -0.05) is 25.2 Å². The number of nitrogens with zero attached hydrogens (tertiary/aromatic N) is 2. The fourth-order valence-electron chi connectivity index (χ4n) is 1.57. The number of carbonyl (C=O) groups is 1. The molecule has 0 fully saturated rings. The number of amides is 1. The van der Waals surface area contributed by atoms with Crippen molar-refractivity contribution in [2.24, 2.45) is 5.92 Å². The molecule has 0 aliphatic rings. The molecule has 1 aromatic carbocycles. The SMILES string of the molecule is CC(C)Cc1nnc(NC(=O)COc2ccc(F)cc2)s1. The summed E-state index contributed by atoms with van der Waals surface area (Å²) in [4.78, 5) is 11.7. The minimum Gasteiger partial charge on any atom is -0.484 e. The minimum atomic E-state index is -0.349. The van der Waals surface area contributed by atoms with Crippen LogP contribution in [0.25, 0.3) is 0 Å². The lowest BCUT2D eigenvalue weighted by atomic mass is 10.1. The average Bonchev–Trinajstić information content (AvgIpc) is 2.84. The first-order chi connectivity index (χ1) is 10.0. The third kappa shape index (κ3) is 5.11. The fourth-order valence-corrected chi connectivity index (χ4v) is 2.54. The number of hydrogen-bond donors (Lipinski definition) is 1. The Balaban J connectivity index is 1.81. The summed E-state index contributed by atoms with van der Waals surface area (Å²) in [7, 11) is 0. The smallest absolute Gasteiger partial charge is 0.264 e. The van der Waals surface area contributed by atoms with Gasteiger partial charge in [-0.3, -0.25) is 10.1 Å². The van der Waals surface area contributed by atoms with Crippen molar-refractivity contribution in [2.45, 2.75) is 20.3 Å². The van der Waals surface area contributed by atoms with E-state index >= 15 is 0 Å². The van der Waals surface area contributed by atoms with Crippen molar-refractivity contribution in [1.82, 2.24) is 10.2 Å². The Morgan fingerprint density at radius 2 is 2.05 bits per heavy atom. The highest BCUT2D eigenvalue weighted by molar-refractivity contribution is 7.15. The Hall–Kier alpha value is -2.02. The molecule has 0 unspecified atom stereocenters. The van der Waals surface area contributed by atoms with Gasteiger partial charge in [0.1, 0.15) is 16.6 Å². The van der Waals surface area contributed by atoms with E-state index in [1.807, 2.05) is 0 Å². The second-order valence-electron chi connectivity index (χ2n) is 4.89. The topological polar surface area (TPSA) is 64.1 Å². The van der Waals surface area contributed by atoms with Gasteiger partial charge in [0, 0.05) is 6.42 Å². The van der Waals surface area contributed by atoms with Gasteiger partial charge in [0.15, 0.2) is 6.61 Å². The van der Waals surface area contributed by atoms with Crippen LogP contribution < -0.4 is 10.1 Å². The van der Waals surface area contributed by atoms with Crippen LogP contribution in [0.4, 0.5) is 9.52 Å². The van der Waals surface area contributed by atoms with Crippen molar-refractivity contribution in [2.75, 3.05) is 11.9 Å². The van der Waals surface area contributed by atoms with E-state index in [4.69, 9.17) is 4.74 Å². The molecule has 2 rings (SSSR count). The number of halogens is 1. The van der Waals surface area contributed by atoms with Gasteiger partial charge in [0.05, 0.1) is 0 Å². The maximum atomic E-state index is 12.7. The third-order valence-electron chi connectivity index (χ3n) is 2.48. The molecule has 0 atom stereocenters. The van der Waals surface area contributed by atoms with Crippen LogP contribution in [0.2, 0.25) is 0 Å². The molecule has 0 bridgehead atoms. The molecule has 5 nitrogen and oxygen atoms in total. The first-order valence-electron chi connectivity index (χ1n) is 6.53. The predicted molar refractivity (Wildman–Crippen MR) is 79.0 cm³/mol. The van der Waals surface area contributed by atoms with Gasteiger partial charge in [-0.25, -0.2) is 4.39 Å². The summed E-state index contributed by atoms with van der Waals surface area (Å²) in [5.74, 6) is 0.248. The molecule has 0 aliphatic carbocycles. The van der Waals surface area contributed by atoms with Crippen LogP contribution in [0.5, 0.6) is 5.75 Å². The minimum absolute atomic E-state index is 0.162. The number of carbonyl (C=O) groups excluding carboxylic acids is 1. The van der Waals surface area contributed by atoms with Crippen molar-refractivity contribution in [1.29, 1.82) is 0 Å². The lowest BCUT2D eigenvalue weighted by Crippen LogP contribution is -2.20. The number of aromatic nitrogens is 2. The van der Waals surface area contributed by atoms with Crippen molar-refractivity contribution < 1.29 is 13.9 Å². The third-order valence-corrected chi connectivity index (χ3v) is 3.34. The van der Waals surface area contributed by atoms with Crippen LogP contribution in [-0.4, -0.2) is 22.7 Å². The molecule has 7 heteroatoms. The zero-order chi connectivity index (χ0) is 15.2. The fraction of sp³-hybridized carbons (Fsp3) is 0.357. The molecule has 0 radical (unpaired) electrons. The second-order valence-corrected chi connectivity index (χ2v) is 5.95. The van der Waals surface area contributed by atoms with E-state index < -0.39 is 0 Å². The van der Waals surface area contributed by atoms with Crippen LogP contribution in [-0.2, 0) is 11.2 Å². The standard InChI is InChI=1S/C14H16FN3O2S/c1-9(2)7-13-17-18-14(21-13)16-12(19)8-20-11-5-3-10(15)4-6-11/h3-6,9H,7-8H2,1-2H3,(H,16,18,19). The average molecular weight is 309 g/mol. The number of benzene rings is 1. The van der Waals surface area contributed by atoms with E-state index in [1.165, 1.54) is 35.6 Å². The molecule has 0 spiro atoms. The first kappa shape index (κ1) is 15.4. The van der Waals surface area contributed by atoms with Gasteiger partial charge < -0.3 is 4.74 Å². The quantitative estimate of drug-likeness (QED) is 0.891. The lowest BCUT2D eigenvalue weighted by molar-refractivity contribution is -0.118. The van der Waals surface area contributed by atoms with Gasteiger partial charge in [-0.15, -0.1) is 10.2 Å². The van der Waals surface area contributed by atoms with Crippen LogP contribution in [0, 0.1) is 11.7 Å². The maximum absolute atomic E-state index is 12.7. The largest absolute Gasteiger partial charge is 0.484 e. The van der Waals surface area contributed by atoms with E-state index in [9.17, 15) is 9.18 Å². The molecular formula is C14H16FN3O2S. The van der Waals surface area contributed by atoms with Crippen LogP contribution in [0.1, 0.15) is 18.9 Å². The first-order valence-corrected chi connectivity index (χ1v) is 7.35. The van der Waals surface area contributed by atoms with Crippen molar-refractivity contribution in [3.8, 4) is 5.75 Å². The van der Waals surface area contributed by atoms with E-state index in [0.717, 1.165) is 11.4 Å². The molecule has 2 aromatic rings. The number of rotatable bonds is 6. The van der Waals surface area contributed by atoms with Crippen LogP contribution in [0.3, 0.4) is 0 Å². The normalized spacial score (nSPS) is 10.7. The number of anilines is 1. The summed E-state index contributed by atoms with van der Waals surface area (Å²) >= 11 is 1.35. The second kappa shape index (κ2) is 7.12. The zero-order valence-electron chi connectivity index (χ0n) is 11.8. The molecular weight excluding hydrogens is 293 g/mol. The lowest BCUT2D eigenvalue weighted by Gasteiger charge is -2.05. The van der Waals surface area contributed by atoms with Gasteiger partial charge in [-0.05, 0) is 30.2 Å². The van der Waals surface area contributed by atoms with Gasteiger partial charge in [-0.2, -0.15) is 0 Å². The predicted octanol–water partition coefficient (Wildman–Crippen LogP) is 2.89. The molecule has 1 N–H and O–H groups in total. The van der Waals surface area contributed by atoms with Crippen molar-refractivity contribution in [3.63, 3.8) is 0 Å². The van der Waals surface area contributed by atoms with E-state index in [-0.39, 0.29) is 18.3 Å². The summed E-state index contributed by atoms with van der Waals surface area (Å²) in [5, 5.41) is 11.9. The number of ether oxygens (including phenoxy) is 1. The highest BCUT2D eigenvalue weighted by atomic mass is 32.1. The molecule has 1 amide bonds. The Morgan fingerprint density at radius 1 is 1.33 bits per heavy atom. The molecule has 0 saturated heterocycles. The Kier molecular flexibility index (Phi) is 5.21. The maximum Gasteiger partial charge on any atom is 0.264 e. The summed E-state index contributed by atoms with van der Waals surface area (Å²) in [6.07, 6.45) is 0.833. The van der Waals surface area contributed by atoms with E-state index in [2.05, 4.69) is 29.4 Å². The Morgan fingerprint density at radius 3 is 2.71 bits per heavy atom. The Labute approximate surface area is 126 Å². The van der Waals surface area contributed by atoms with E-state index in [0.29, 0.717) is 16.8 Å². The van der Waals surface area contributed by atoms with Crippen LogP contribution in [0.15, 0.2) is 24.3 Å². The molecule has 1 heterocycles. The number of hydrogen-bond acceptors (Lipinski definition) is 5. The zero-order valence-corrected chi connectivity index (χ0v) is 12.6. The highest BCUT2D eigenvalue weighted by Crippen LogP contribution is 2.18. The van der Waals surface area contributed by atoms with Crippen molar-refractivity contribution >= 4 is 22.4 Å². The molecule has 0 saturated carbocycles. The van der Waals surface area contributed by atoms with Crippen LogP contribution >= 0.6 is 11.3 Å². The molecule has 0 aliphatic heterocycles. The van der Waals surface area contributed by atoms with E-state index in [1.54, 1.807) is 0 Å². The summed E-state index contributed by atoms with van der Waals surface area (Å²) in [5.41, 5.74) is 0. The molecule has 1 aromatic heterocycles. The molecule has 21 heavy (non-hydrogen) atoms. The van der Waals surface area contributed by atoms with Gasteiger partial charge in [0.25, 0.3) is 5.91 Å². The summed E-state index contributed by atoms with van der Waals surface area (Å²) in [6.45, 7) is 4.02. The Bertz CT molecular complexity index is 599.